The van der Waals surface area contributed by atoms with Gasteiger partial charge in [0.25, 0.3) is 0 Å². The summed E-state index contributed by atoms with van der Waals surface area (Å²) in [4.78, 5) is 8.99. The number of halogens is 1. The third-order valence-corrected chi connectivity index (χ3v) is 8.42. The van der Waals surface area contributed by atoms with E-state index in [1.807, 2.05) is 60.7 Å². The van der Waals surface area contributed by atoms with Crippen LogP contribution in [0.25, 0.3) is 66.0 Å². The number of hydrogen-bond donors (Lipinski definition) is 0. The zero-order chi connectivity index (χ0) is 31.8. The summed E-state index contributed by atoms with van der Waals surface area (Å²) in [6.45, 7) is 8.71. The standard InChI is InChI=1S/C31H25FNO.C11H8N.Ir/c1-17(2)22-6-5-7-25-28-15-20(14-26(18(3)4)31(28)34-30(22)25)29-24-11-9-19-8-10-21(32)16-27(19)23(24)12-13-33-29;1-2-6-10(7-3-1)11-8-4-5-9-12-11;/h5-13,15-18H,1-4H3;1-6,8-9H;/q2*-1;. The molecule has 0 aliphatic heterocycles. The number of rotatable bonds is 4. The number of benzene rings is 5. The molecule has 0 atom stereocenters. The van der Waals surface area contributed by atoms with Gasteiger partial charge in [-0.25, -0.2) is 4.39 Å². The van der Waals surface area contributed by atoms with E-state index in [9.17, 15) is 4.39 Å². The summed E-state index contributed by atoms with van der Waals surface area (Å²) in [6.07, 6.45) is 3.59. The van der Waals surface area contributed by atoms with Gasteiger partial charge in [-0.2, -0.15) is 0 Å². The van der Waals surface area contributed by atoms with Crippen molar-refractivity contribution >= 4 is 43.5 Å². The first-order valence-corrected chi connectivity index (χ1v) is 15.7. The van der Waals surface area contributed by atoms with Crippen LogP contribution in [-0.4, -0.2) is 9.97 Å². The summed E-state index contributed by atoms with van der Waals surface area (Å²) in [7, 11) is 0. The van der Waals surface area contributed by atoms with Gasteiger partial charge < -0.3 is 14.4 Å². The van der Waals surface area contributed by atoms with Gasteiger partial charge in [-0.05, 0) is 74.6 Å². The molecule has 0 bridgehead atoms. The van der Waals surface area contributed by atoms with Crippen molar-refractivity contribution in [2.24, 2.45) is 0 Å². The Labute approximate surface area is 287 Å². The molecule has 235 valence electrons. The molecule has 3 aromatic heterocycles. The molecule has 8 aromatic rings. The van der Waals surface area contributed by atoms with Crippen molar-refractivity contribution in [1.29, 1.82) is 0 Å². The monoisotopic (exact) mass is 793 g/mol. The minimum atomic E-state index is -0.237. The molecule has 8 rings (SSSR count). The van der Waals surface area contributed by atoms with E-state index < -0.39 is 0 Å². The number of fused-ring (bicyclic) bond motifs is 6. The van der Waals surface area contributed by atoms with Gasteiger partial charge in [0.2, 0.25) is 0 Å². The maximum Gasteiger partial charge on any atom is 0.124 e. The molecule has 0 N–H and O–H groups in total. The molecule has 3 heterocycles. The van der Waals surface area contributed by atoms with Crippen molar-refractivity contribution in [3.05, 3.63) is 145 Å². The topological polar surface area (TPSA) is 38.9 Å². The number of hydrogen-bond acceptors (Lipinski definition) is 3. The Hall–Kier alpha value is -4.70. The molecular formula is C42H33FIrN2O-2. The Kier molecular flexibility index (Phi) is 9.31. The third kappa shape index (κ3) is 6.22. The number of furan rings is 1. The quantitative estimate of drug-likeness (QED) is 0.132. The number of para-hydroxylation sites is 1. The molecule has 5 heteroatoms. The maximum atomic E-state index is 14.1. The van der Waals surface area contributed by atoms with Gasteiger partial charge in [-0.15, -0.1) is 53.6 Å². The SMILES string of the molecule is CC(C)c1[c-]c(-c2nccc3c2ccc2ccc(F)cc23)cc2c1oc1c(C(C)C)cccc12.[Ir].[c-]1ccccc1-c1ccccn1. The van der Waals surface area contributed by atoms with Crippen LogP contribution in [0.15, 0.2) is 120 Å². The second-order valence-corrected chi connectivity index (χ2v) is 12.2. The Morgan fingerprint density at radius 3 is 2.21 bits per heavy atom. The molecular weight excluding hydrogens is 760 g/mol. The fraction of sp³-hybridized carbons (Fsp3) is 0.143. The van der Waals surface area contributed by atoms with E-state index in [4.69, 9.17) is 9.40 Å². The van der Waals surface area contributed by atoms with Crippen LogP contribution in [0.5, 0.6) is 0 Å². The van der Waals surface area contributed by atoms with E-state index in [-0.39, 0.29) is 31.8 Å². The molecule has 0 amide bonds. The molecule has 0 saturated heterocycles. The van der Waals surface area contributed by atoms with Gasteiger partial charge in [0.15, 0.2) is 0 Å². The number of aromatic nitrogens is 2. The summed E-state index contributed by atoms with van der Waals surface area (Å²) < 4.78 is 20.6. The predicted octanol–water partition coefficient (Wildman–Crippen LogP) is 11.7. The van der Waals surface area contributed by atoms with E-state index >= 15 is 0 Å². The molecule has 5 aromatic carbocycles. The van der Waals surface area contributed by atoms with Crippen molar-refractivity contribution in [2.45, 2.75) is 39.5 Å². The summed E-state index contributed by atoms with van der Waals surface area (Å²) >= 11 is 0. The van der Waals surface area contributed by atoms with Crippen molar-refractivity contribution < 1.29 is 28.9 Å². The summed E-state index contributed by atoms with van der Waals surface area (Å²) in [5, 5.41) is 6.08. The van der Waals surface area contributed by atoms with Crippen LogP contribution in [0.1, 0.15) is 50.7 Å². The van der Waals surface area contributed by atoms with Crippen molar-refractivity contribution in [1.82, 2.24) is 9.97 Å². The molecule has 1 radical (unpaired) electrons. The van der Waals surface area contributed by atoms with Crippen molar-refractivity contribution in [3.63, 3.8) is 0 Å². The second-order valence-electron chi connectivity index (χ2n) is 12.2. The Morgan fingerprint density at radius 1 is 0.638 bits per heavy atom. The van der Waals surface area contributed by atoms with Crippen LogP contribution in [0.4, 0.5) is 4.39 Å². The minimum Gasteiger partial charge on any atom is -0.500 e. The van der Waals surface area contributed by atoms with E-state index in [1.54, 1.807) is 18.5 Å². The molecule has 0 unspecified atom stereocenters. The molecule has 0 saturated carbocycles. The average Bonchev–Trinajstić information content (AvgIpc) is 3.47. The van der Waals surface area contributed by atoms with E-state index in [2.05, 4.69) is 75.1 Å². The minimum absolute atomic E-state index is 0. The second kappa shape index (κ2) is 13.6. The summed E-state index contributed by atoms with van der Waals surface area (Å²) in [6, 6.07) is 40.0. The third-order valence-electron chi connectivity index (χ3n) is 8.42. The summed E-state index contributed by atoms with van der Waals surface area (Å²) in [5.74, 6) is 0.360. The molecule has 0 aliphatic rings. The van der Waals surface area contributed by atoms with Crippen LogP contribution >= 0.6 is 0 Å². The molecule has 0 spiro atoms. The smallest absolute Gasteiger partial charge is 0.124 e. The maximum absolute atomic E-state index is 14.1. The zero-order valence-electron chi connectivity index (χ0n) is 26.6. The zero-order valence-corrected chi connectivity index (χ0v) is 29.0. The van der Waals surface area contributed by atoms with Crippen LogP contribution < -0.4 is 0 Å². The van der Waals surface area contributed by atoms with Crippen LogP contribution in [0.2, 0.25) is 0 Å². The summed E-state index contributed by atoms with van der Waals surface area (Å²) in [5.41, 5.74) is 7.89. The normalized spacial score (nSPS) is 11.3. The average molecular weight is 793 g/mol. The Bertz CT molecular complexity index is 2290. The number of nitrogens with zero attached hydrogens (tertiary/aromatic N) is 2. The Balaban J connectivity index is 0.000000250. The Morgan fingerprint density at radius 2 is 1.47 bits per heavy atom. The van der Waals surface area contributed by atoms with Gasteiger partial charge in [-0.1, -0.05) is 87.2 Å². The van der Waals surface area contributed by atoms with Crippen LogP contribution in [0.3, 0.4) is 0 Å². The number of pyridine rings is 2. The van der Waals surface area contributed by atoms with Crippen molar-refractivity contribution in [2.75, 3.05) is 0 Å². The van der Waals surface area contributed by atoms with E-state index in [0.717, 1.165) is 71.6 Å². The van der Waals surface area contributed by atoms with Gasteiger partial charge >= 0.3 is 0 Å². The van der Waals surface area contributed by atoms with Crippen LogP contribution in [0, 0.1) is 17.9 Å². The van der Waals surface area contributed by atoms with Gasteiger partial charge in [0, 0.05) is 37.9 Å². The molecule has 0 fully saturated rings. The predicted molar refractivity (Wildman–Crippen MR) is 187 cm³/mol. The van der Waals surface area contributed by atoms with E-state index in [0.29, 0.717) is 5.92 Å². The van der Waals surface area contributed by atoms with Crippen LogP contribution in [-0.2, 0) is 20.1 Å². The molecule has 3 nitrogen and oxygen atoms in total. The van der Waals surface area contributed by atoms with E-state index in [1.165, 1.54) is 11.6 Å². The van der Waals surface area contributed by atoms with Crippen molar-refractivity contribution in [3.8, 4) is 22.5 Å². The van der Waals surface area contributed by atoms with Gasteiger partial charge in [0.1, 0.15) is 11.4 Å². The van der Waals surface area contributed by atoms with Gasteiger partial charge in [-0.3, -0.25) is 0 Å². The fourth-order valence-corrected chi connectivity index (χ4v) is 6.12. The molecule has 47 heavy (non-hydrogen) atoms. The first-order chi connectivity index (χ1) is 22.4. The first kappa shape index (κ1) is 32.2. The molecule has 0 aliphatic carbocycles. The van der Waals surface area contributed by atoms with Gasteiger partial charge in [0.05, 0.1) is 5.58 Å². The first-order valence-electron chi connectivity index (χ1n) is 15.7. The fourth-order valence-electron chi connectivity index (χ4n) is 6.12. The largest absolute Gasteiger partial charge is 0.500 e.